The van der Waals surface area contributed by atoms with Gasteiger partial charge in [0, 0.05) is 13.6 Å². The van der Waals surface area contributed by atoms with Crippen LogP contribution in [0, 0.1) is 6.92 Å². The van der Waals surface area contributed by atoms with Gasteiger partial charge in [-0.05, 0) is 38.0 Å². The number of aryl methyl sites for hydroxylation is 1. The fourth-order valence-electron chi connectivity index (χ4n) is 2.02. The lowest BCUT2D eigenvalue weighted by Gasteiger charge is -2.25. The van der Waals surface area contributed by atoms with E-state index in [2.05, 4.69) is 5.32 Å². The molecule has 0 atom stereocenters. The van der Waals surface area contributed by atoms with Crippen molar-refractivity contribution in [1.29, 1.82) is 0 Å². The maximum Gasteiger partial charge on any atom is 0.317 e. The van der Waals surface area contributed by atoms with Crippen LogP contribution < -0.4 is 10.1 Å². The lowest BCUT2D eigenvalue weighted by Crippen LogP contribution is -2.44. The number of likely N-dealkylation sites (N-methyl/N-ethyl adjacent to an activating group) is 1. The summed E-state index contributed by atoms with van der Waals surface area (Å²) in [4.78, 5) is 13.3. The predicted octanol–water partition coefficient (Wildman–Crippen LogP) is 1.92. The highest BCUT2D eigenvalue weighted by Crippen LogP contribution is 2.18. The lowest BCUT2D eigenvalue weighted by molar-refractivity contribution is 0.0531. The average Bonchev–Trinajstić information content (AvgIpc) is 2.34. The number of hydrogen-bond acceptors (Lipinski definition) is 3. The standard InChI is InChI=1S/C15H24N2O3/c1-11-8-12(6-7-13(11)20-5)9-16-14(18)17(4)10-15(2,3)19/h6-8,19H,9-10H2,1-5H3,(H,16,18). The summed E-state index contributed by atoms with van der Waals surface area (Å²) in [5.41, 5.74) is 1.14. The van der Waals surface area contributed by atoms with Gasteiger partial charge in [0.15, 0.2) is 0 Å². The summed E-state index contributed by atoms with van der Waals surface area (Å²) in [7, 11) is 3.29. The minimum Gasteiger partial charge on any atom is -0.496 e. The molecule has 0 aliphatic carbocycles. The summed E-state index contributed by atoms with van der Waals surface area (Å²) in [6.07, 6.45) is 0. The summed E-state index contributed by atoms with van der Waals surface area (Å²) in [6, 6.07) is 5.58. The van der Waals surface area contributed by atoms with Crippen molar-refractivity contribution in [2.45, 2.75) is 32.9 Å². The maximum atomic E-state index is 11.9. The Labute approximate surface area is 120 Å². The SMILES string of the molecule is COc1ccc(CNC(=O)N(C)CC(C)(C)O)cc1C. The number of methoxy groups -OCH3 is 1. The molecular weight excluding hydrogens is 256 g/mol. The normalized spacial score (nSPS) is 11.1. The van der Waals surface area contributed by atoms with E-state index in [1.165, 1.54) is 4.90 Å². The van der Waals surface area contributed by atoms with Gasteiger partial charge >= 0.3 is 6.03 Å². The van der Waals surface area contributed by atoms with Crippen LogP contribution in [-0.4, -0.2) is 42.3 Å². The zero-order chi connectivity index (χ0) is 15.3. The molecule has 0 spiro atoms. The second-order valence-corrected chi connectivity index (χ2v) is 5.63. The van der Waals surface area contributed by atoms with E-state index < -0.39 is 5.60 Å². The summed E-state index contributed by atoms with van der Waals surface area (Å²) in [5.74, 6) is 0.833. The first kappa shape index (κ1) is 16.3. The van der Waals surface area contributed by atoms with Crippen molar-refractivity contribution in [3.05, 3.63) is 29.3 Å². The molecule has 0 radical (unpaired) electrons. The number of ether oxygens (including phenoxy) is 1. The number of urea groups is 1. The minimum absolute atomic E-state index is 0.208. The molecule has 5 nitrogen and oxygen atoms in total. The fraction of sp³-hybridized carbons (Fsp3) is 0.533. The highest BCUT2D eigenvalue weighted by atomic mass is 16.5. The molecule has 0 aromatic heterocycles. The molecule has 5 heteroatoms. The van der Waals surface area contributed by atoms with Crippen LogP contribution in [0.1, 0.15) is 25.0 Å². The number of nitrogens with one attached hydrogen (secondary N) is 1. The van der Waals surface area contributed by atoms with Gasteiger partial charge in [-0.15, -0.1) is 0 Å². The van der Waals surface area contributed by atoms with Crippen LogP contribution in [0.2, 0.25) is 0 Å². The maximum absolute atomic E-state index is 11.9. The van der Waals surface area contributed by atoms with Crippen molar-refractivity contribution >= 4 is 6.03 Å². The lowest BCUT2D eigenvalue weighted by atomic mass is 10.1. The van der Waals surface area contributed by atoms with Crippen molar-refractivity contribution in [3.63, 3.8) is 0 Å². The van der Waals surface area contributed by atoms with E-state index in [9.17, 15) is 9.90 Å². The van der Waals surface area contributed by atoms with E-state index in [-0.39, 0.29) is 12.6 Å². The molecule has 1 rings (SSSR count). The third kappa shape index (κ3) is 5.09. The molecule has 0 heterocycles. The van der Waals surface area contributed by atoms with Crippen molar-refractivity contribution in [2.24, 2.45) is 0 Å². The van der Waals surface area contributed by atoms with Gasteiger partial charge in [0.1, 0.15) is 5.75 Å². The van der Waals surface area contributed by atoms with Crippen LogP contribution in [0.5, 0.6) is 5.75 Å². The van der Waals surface area contributed by atoms with E-state index in [1.807, 2.05) is 25.1 Å². The van der Waals surface area contributed by atoms with Crippen molar-refractivity contribution in [3.8, 4) is 5.75 Å². The third-order valence-electron chi connectivity index (χ3n) is 2.87. The molecule has 0 saturated carbocycles. The van der Waals surface area contributed by atoms with Crippen LogP contribution in [0.3, 0.4) is 0 Å². The second kappa shape index (κ2) is 6.61. The minimum atomic E-state index is -0.900. The summed E-state index contributed by atoms with van der Waals surface area (Å²) in [5, 5.41) is 12.5. The number of hydrogen-bond donors (Lipinski definition) is 2. The predicted molar refractivity (Wildman–Crippen MR) is 78.9 cm³/mol. The van der Waals surface area contributed by atoms with Crippen LogP contribution >= 0.6 is 0 Å². The molecule has 2 amide bonds. The van der Waals surface area contributed by atoms with Gasteiger partial charge in [-0.2, -0.15) is 0 Å². The van der Waals surface area contributed by atoms with Crippen molar-refractivity contribution < 1.29 is 14.6 Å². The molecule has 1 aromatic rings. The van der Waals surface area contributed by atoms with Gasteiger partial charge in [0.25, 0.3) is 0 Å². The Bertz CT molecular complexity index is 467. The van der Waals surface area contributed by atoms with Crippen LogP contribution in [-0.2, 0) is 6.54 Å². The molecule has 0 bridgehead atoms. The number of rotatable bonds is 5. The molecule has 0 saturated heterocycles. The summed E-state index contributed by atoms with van der Waals surface area (Å²) >= 11 is 0. The van der Waals surface area contributed by atoms with Gasteiger partial charge < -0.3 is 20.1 Å². The highest BCUT2D eigenvalue weighted by Gasteiger charge is 2.18. The Kier molecular flexibility index (Phi) is 5.39. The van der Waals surface area contributed by atoms with E-state index in [1.54, 1.807) is 28.0 Å². The molecular formula is C15H24N2O3. The number of amides is 2. The number of aliphatic hydroxyl groups is 1. The van der Waals surface area contributed by atoms with Gasteiger partial charge in [0.2, 0.25) is 0 Å². The second-order valence-electron chi connectivity index (χ2n) is 5.63. The molecule has 2 N–H and O–H groups in total. The zero-order valence-electron chi connectivity index (χ0n) is 12.9. The quantitative estimate of drug-likeness (QED) is 0.866. The third-order valence-corrected chi connectivity index (χ3v) is 2.87. The van der Waals surface area contributed by atoms with Crippen molar-refractivity contribution in [2.75, 3.05) is 20.7 Å². The van der Waals surface area contributed by atoms with Gasteiger partial charge in [0.05, 0.1) is 19.3 Å². The molecule has 20 heavy (non-hydrogen) atoms. The van der Waals surface area contributed by atoms with E-state index >= 15 is 0 Å². The first-order valence-electron chi connectivity index (χ1n) is 6.58. The Morgan fingerprint density at radius 3 is 2.60 bits per heavy atom. The Morgan fingerprint density at radius 1 is 1.45 bits per heavy atom. The number of benzene rings is 1. The monoisotopic (exact) mass is 280 g/mol. The summed E-state index contributed by atoms with van der Waals surface area (Å²) < 4.78 is 5.20. The molecule has 0 aliphatic rings. The van der Waals surface area contributed by atoms with E-state index in [0.29, 0.717) is 6.54 Å². The summed E-state index contributed by atoms with van der Waals surface area (Å²) in [6.45, 7) is 6.03. The smallest absolute Gasteiger partial charge is 0.317 e. The molecule has 0 fully saturated rings. The topological polar surface area (TPSA) is 61.8 Å². The first-order chi connectivity index (χ1) is 9.23. The van der Waals surface area contributed by atoms with Crippen LogP contribution in [0.25, 0.3) is 0 Å². The van der Waals surface area contributed by atoms with Crippen LogP contribution in [0.15, 0.2) is 18.2 Å². The number of carbonyl (C=O) groups excluding carboxylic acids is 1. The number of nitrogens with zero attached hydrogens (tertiary/aromatic N) is 1. The average molecular weight is 280 g/mol. The van der Waals surface area contributed by atoms with Gasteiger partial charge in [-0.25, -0.2) is 4.79 Å². The Balaban J connectivity index is 2.54. The molecule has 112 valence electrons. The highest BCUT2D eigenvalue weighted by molar-refractivity contribution is 5.73. The first-order valence-corrected chi connectivity index (χ1v) is 6.58. The van der Waals surface area contributed by atoms with Crippen LogP contribution in [0.4, 0.5) is 4.79 Å². The van der Waals surface area contributed by atoms with Crippen molar-refractivity contribution in [1.82, 2.24) is 10.2 Å². The Hall–Kier alpha value is -1.75. The number of carbonyl (C=O) groups is 1. The van der Waals surface area contributed by atoms with E-state index in [0.717, 1.165) is 16.9 Å². The fourth-order valence-corrected chi connectivity index (χ4v) is 2.02. The van der Waals surface area contributed by atoms with Gasteiger partial charge in [-0.3, -0.25) is 0 Å². The molecule has 1 aromatic carbocycles. The largest absolute Gasteiger partial charge is 0.496 e. The molecule has 0 unspecified atom stereocenters. The van der Waals surface area contributed by atoms with Gasteiger partial charge in [-0.1, -0.05) is 12.1 Å². The molecule has 0 aliphatic heterocycles. The zero-order valence-corrected chi connectivity index (χ0v) is 12.9. The van der Waals surface area contributed by atoms with E-state index in [4.69, 9.17) is 4.74 Å². The Morgan fingerprint density at radius 2 is 2.10 bits per heavy atom.